The van der Waals surface area contributed by atoms with E-state index in [1.807, 2.05) is 27.7 Å². The van der Waals surface area contributed by atoms with Gasteiger partial charge in [0.25, 0.3) is 11.8 Å². The number of nitrogens with zero attached hydrogens (tertiary/aromatic N) is 5. The van der Waals surface area contributed by atoms with E-state index in [9.17, 15) is 18.8 Å². The van der Waals surface area contributed by atoms with Crippen molar-refractivity contribution in [3.05, 3.63) is 47.5 Å². The van der Waals surface area contributed by atoms with E-state index >= 15 is 0 Å². The smallest absolute Gasteiger partial charge is 0.332 e. The number of carbonyl (C=O) groups excluding carboxylic acids is 3. The summed E-state index contributed by atoms with van der Waals surface area (Å²) in [4.78, 5) is 44.0. The average molecular weight is 427 g/mol. The molecular weight excluding hydrogens is 401 g/mol. The summed E-state index contributed by atoms with van der Waals surface area (Å²) in [6.45, 7) is 9.23. The van der Waals surface area contributed by atoms with E-state index < -0.39 is 29.2 Å². The van der Waals surface area contributed by atoms with Gasteiger partial charge in [0.05, 0.1) is 24.0 Å². The molecule has 9 heteroatoms. The lowest BCUT2D eigenvalue weighted by Crippen LogP contribution is -2.44. The Morgan fingerprint density at radius 2 is 1.87 bits per heavy atom. The molecule has 1 aromatic carbocycles. The molecule has 0 radical (unpaired) electrons. The quantitative estimate of drug-likeness (QED) is 0.706. The van der Waals surface area contributed by atoms with Crippen molar-refractivity contribution in [2.45, 2.75) is 40.3 Å². The minimum Gasteiger partial charge on any atom is -0.335 e. The maximum atomic E-state index is 13.4. The fourth-order valence-corrected chi connectivity index (χ4v) is 4.42. The molecule has 2 saturated heterocycles. The molecule has 31 heavy (non-hydrogen) atoms. The molecule has 1 unspecified atom stereocenters. The number of halogens is 1. The number of hydrogen-bond acceptors (Lipinski definition) is 4. The van der Waals surface area contributed by atoms with E-state index in [4.69, 9.17) is 0 Å². The van der Waals surface area contributed by atoms with Gasteiger partial charge in [0.1, 0.15) is 11.9 Å². The summed E-state index contributed by atoms with van der Waals surface area (Å²) in [6, 6.07) is 4.02. The van der Waals surface area contributed by atoms with Gasteiger partial charge in [-0.3, -0.25) is 14.3 Å². The van der Waals surface area contributed by atoms with Crippen LogP contribution in [-0.2, 0) is 11.3 Å². The molecule has 0 spiro atoms. The molecule has 0 N–H and O–H groups in total. The Bertz CT molecular complexity index is 1050. The summed E-state index contributed by atoms with van der Waals surface area (Å²) < 4.78 is 15.1. The third-order valence-electron chi connectivity index (χ3n) is 5.93. The minimum absolute atomic E-state index is 0.0985. The molecule has 0 bridgehead atoms. The molecule has 1 aromatic heterocycles. The van der Waals surface area contributed by atoms with Crippen LogP contribution < -0.4 is 4.90 Å². The first-order valence-electron chi connectivity index (χ1n) is 10.3. The fourth-order valence-electron chi connectivity index (χ4n) is 4.42. The Labute approximate surface area is 180 Å². The molecule has 8 nitrogen and oxygen atoms in total. The third-order valence-corrected chi connectivity index (χ3v) is 5.93. The molecule has 2 aromatic rings. The van der Waals surface area contributed by atoms with Crippen LogP contribution >= 0.6 is 0 Å². The molecule has 2 aliphatic heterocycles. The van der Waals surface area contributed by atoms with Gasteiger partial charge in [0.2, 0.25) is 0 Å². The zero-order valence-corrected chi connectivity index (χ0v) is 18.1. The number of carbonyl (C=O) groups is 3. The standard InChI is InChI=1S/C22H26FN5O3/c1-5-27-14(2)17(10-24-27)19(29)25-11-18-20(30)28(16-8-6-15(23)7-9-16)21(31)26(18)13-22(3,4)12-25/h6-10,18H,5,11-13H2,1-4H3. The highest BCUT2D eigenvalue weighted by atomic mass is 19.1. The van der Waals surface area contributed by atoms with Gasteiger partial charge in [-0.05, 0) is 38.1 Å². The Hall–Kier alpha value is -3.23. The summed E-state index contributed by atoms with van der Waals surface area (Å²) >= 11 is 0. The lowest BCUT2D eigenvalue weighted by Gasteiger charge is -2.30. The molecule has 2 fully saturated rings. The predicted molar refractivity (Wildman–Crippen MR) is 112 cm³/mol. The van der Waals surface area contributed by atoms with Crippen LogP contribution in [0.2, 0.25) is 0 Å². The van der Waals surface area contributed by atoms with Crippen molar-refractivity contribution in [3.8, 4) is 0 Å². The first kappa shape index (κ1) is 21.0. The van der Waals surface area contributed by atoms with Crippen LogP contribution in [0.5, 0.6) is 0 Å². The Balaban J connectivity index is 1.67. The predicted octanol–water partition coefficient (Wildman–Crippen LogP) is 2.67. The largest absolute Gasteiger partial charge is 0.335 e. The van der Waals surface area contributed by atoms with Crippen molar-refractivity contribution in [1.82, 2.24) is 19.6 Å². The summed E-state index contributed by atoms with van der Waals surface area (Å²) in [6.07, 6.45) is 1.56. The molecule has 3 heterocycles. The van der Waals surface area contributed by atoms with Crippen LogP contribution in [0.15, 0.2) is 30.5 Å². The summed E-state index contributed by atoms with van der Waals surface area (Å²) in [5, 5.41) is 4.26. The number of benzene rings is 1. The normalized spacial score (nSPS) is 20.8. The Morgan fingerprint density at radius 3 is 2.48 bits per heavy atom. The highest BCUT2D eigenvalue weighted by molar-refractivity contribution is 6.21. The van der Waals surface area contributed by atoms with Crippen LogP contribution in [0.3, 0.4) is 0 Å². The van der Waals surface area contributed by atoms with E-state index in [0.29, 0.717) is 30.9 Å². The molecule has 4 amide bonds. The molecule has 4 rings (SSSR count). The number of urea groups is 1. The number of rotatable bonds is 3. The second-order valence-corrected chi connectivity index (χ2v) is 8.89. The van der Waals surface area contributed by atoms with Crippen molar-refractivity contribution in [2.24, 2.45) is 5.41 Å². The molecule has 0 aliphatic carbocycles. The van der Waals surface area contributed by atoms with Gasteiger partial charge in [0.15, 0.2) is 0 Å². The highest BCUT2D eigenvalue weighted by Gasteiger charge is 2.51. The van der Waals surface area contributed by atoms with E-state index in [0.717, 1.165) is 10.6 Å². The number of amides is 4. The lowest BCUT2D eigenvalue weighted by atomic mass is 9.92. The molecule has 1 atom stereocenters. The fraction of sp³-hybridized carbons (Fsp3) is 0.455. The van der Waals surface area contributed by atoms with Crippen molar-refractivity contribution < 1.29 is 18.8 Å². The van der Waals surface area contributed by atoms with Crippen molar-refractivity contribution in [1.29, 1.82) is 0 Å². The Morgan fingerprint density at radius 1 is 1.19 bits per heavy atom. The second-order valence-electron chi connectivity index (χ2n) is 8.89. The maximum Gasteiger partial charge on any atom is 0.332 e. The zero-order chi connectivity index (χ0) is 22.5. The van der Waals surface area contributed by atoms with Gasteiger partial charge in [0, 0.05) is 30.7 Å². The first-order valence-corrected chi connectivity index (χ1v) is 10.3. The number of aromatic nitrogens is 2. The molecule has 164 valence electrons. The third kappa shape index (κ3) is 3.58. The minimum atomic E-state index is -0.787. The molecular formula is C22H26FN5O3. The van der Waals surface area contributed by atoms with E-state index in [2.05, 4.69) is 5.10 Å². The second kappa shape index (κ2) is 7.47. The summed E-state index contributed by atoms with van der Waals surface area (Å²) in [5.74, 6) is -1.06. The summed E-state index contributed by atoms with van der Waals surface area (Å²) in [7, 11) is 0. The lowest BCUT2D eigenvalue weighted by molar-refractivity contribution is -0.119. The highest BCUT2D eigenvalue weighted by Crippen LogP contribution is 2.33. The van der Waals surface area contributed by atoms with Gasteiger partial charge < -0.3 is 9.80 Å². The number of aryl methyl sites for hydroxylation is 1. The SMILES string of the molecule is CCn1ncc(C(=O)N2CC3C(=O)N(c4ccc(F)cc4)C(=O)N3CC(C)(C)C2)c1C. The number of imide groups is 1. The van der Waals surface area contributed by atoms with Crippen LogP contribution in [0.25, 0.3) is 0 Å². The van der Waals surface area contributed by atoms with Crippen LogP contribution in [0.4, 0.5) is 14.9 Å². The summed E-state index contributed by atoms with van der Waals surface area (Å²) in [5.41, 5.74) is 1.17. The maximum absolute atomic E-state index is 13.4. The van der Waals surface area contributed by atoms with E-state index in [1.165, 1.54) is 29.2 Å². The first-order chi connectivity index (χ1) is 14.6. The monoisotopic (exact) mass is 427 g/mol. The Kier molecular flexibility index (Phi) is 5.07. The van der Waals surface area contributed by atoms with Crippen molar-refractivity contribution >= 4 is 23.5 Å². The van der Waals surface area contributed by atoms with Crippen molar-refractivity contribution in [2.75, 3.05) is 24.5 Å². The van der Waals surface area contributed by atoms with Gasteiger partial charge in [-0.15, -0.1) is 0 Å². The van der Waals surface area contributed by atoms with Gasteiger partial charge in [-0.25, -0.2) is 14.1 Å². The topological polar surface area (TPSA) is 78.8 Å². The van der Waals surface area contributed by atoms with Gasteiger partial charge in [-0.1, -0.05) is 13.8 Å². The van der Waals surface area contributed by atoms with Crippen LogP contribution in [0, 0.1) is 18.2 Å². The van der Waals surface area contributed by atoms with E-state index in [-0.39, 0.29) is 12.5 Å². The zero-order valence-electron chi connectivity index (χ0n) is 18.1. The number of fused-ring (bicyclic) bond motifs is 1. The van der Waals surface area contributed by atoms with Gasteiger partial charge >= 0.3 is 6.03 Å². The molecule has 0 saturated carbocycles. The van der Waals surface area contributed by atoms with E-state index in [1.54, 1.807) is 15.8 Å². The van der Waals surface area contributed by atoms with Crippen LogP contribution in [-0.4, -0.2) is 63.1 Å². The average Bonchev–Trinajstić information content (AvgIpc) is 3.13. The van der Waals surface area contributed by atoms with Crippen molar-refractivity contribution in [3.63, 3.8) is 0 Å². The molecule has 2 aliphatic rings. The van der Waals surface area contributed by atoms with Crippen LogP contribution in [0.1, 0.15) is 36.8 Å². The van der Waals surface area contributed by atoms with Gasteiger partial charge in [-0.2, -0.15) is 5.10 Å². The number of hydrogen-bond donors (Lipinski definition) is 0. The number of anilines is 1.